The van der Waals surface area contributed by atoms with Crippen LogP contribution in [0.4, 0.5) is 5.69 Å². The van der Waals surface area contributed by atoms with Crippen LogP contribution in [0.5, 0.6) is 11.5 Å². The molecule has 0 saturated heterocycles. The highest BCUT2D eigenvalue weighted by atomic mass is 16.6. The Balaban J connectivity index is 1.49. The number of anilines is 1. The van der Waals surface area contributed by atoms with Gasteiger partial charge in [0, 0.05) is 12.2 Å². The van der Waals surface area contributed by atoms with Gasteiger partial charge in [0.2, 0.25) is 0 Å². The maximum Gasteiger partial charge on any atom is 0.317 e. The number of hydrogen-bond donors (Lipinski definition) is 0. The number of benzene rings is 2. The van der Waals surface area contributed by atoms with Gasteiger partial charge in [-0.25, -0.2) is 0 Å². The largest absolute Gasteiger partial charge is 0.486 e. The van der Waals surface area contributed by atoms with E-state index in [-0.39, 0.29) is 25.5 Å². The third kappa shape index (κ3) is 4.40. The molecule has 0 bridgehead atoms. The van der Waals surface area contributed by atoms with Crippen LogP contribution >= 0.6 is 0 Å². The number of nitrogens with zero attached hydrogens (tertiary/aromatic N) is 2. The van der Waals surface area contributed by atoms with Gasteiger partial charge in [-0.15, -0.1) is 0 Å². The number of rotatable bonds is 7. The molecule has 0 radical (unpaired) electrons. The molecule has 32 heavy (non-hydrogen) atoms. The molecule has 1 saturated carbocycles. The second-order valence-electron chi connectivity index (χ2n) is 8.01. The molecule has 0 atom stereocenters. The van der Waals surface area contributed by atoms with Crippen LogP contribution in [0, 0.1) is 11.3 Å². The van der Waals surface area contributed by atoms with E-state index in [2.05, 4.69) is 6.07 Å². The summed E-state index contributed by atoms with van der Waals surface area (Å²) in [6, 6.07) is 16.8. The van der Waals surface area contributed by atoms with Crippen molar-refractivity contribution in [3.05, 3.63) is 54.1 Å². The lowest BCUT2D eigenvalue weighted by molar-refractivity contribution is -0.153. The summed E-state index contributed by atoms with van der Waals surface area (Å²) in [6.07, 6.45) is 3.34. The van der Waals surface area contributed by atoms with Crippen LogP contribution in [-0.4, -0.2) is 38.2 Å². The number of esters is 1. The van der Waals surface area contributed by atoms with Crippen molar-refractivity contribution in [2.75, 3.05) is 31.3 Å². The van der Waals surface area contributed by atoms with E-state index < -0.39 is 11.4 Å². The number of para-hydroxylation sites is 1. The molecule has 1 amide bonds. The molecule has 2 aromatic carbocycles. The van der Waals surface area contributed by atoms with E-state index in [0.29, 0.717) is 43.2 Å². The number of nitriles is 1. The van der Waals surface area contributed by atoms with Crippen LogP contribution in [0.1, 0.15) is 37.7 Å². The molecule has 0 aromatic heterocycles. The molecule has 166 valence electrons. The Morgan fingerprint density at radius 3 is 2.47 bits per heavy atom. The monoisotopic (exact) mass is 434 g/mol. The summed E-state index contributed by atoms with van der Waals surface area (Å²) in [5, 5.41) is 8.96. The molecule has 2 aliphatic rings. The molecule has 0 unspecified atom stereocenters. The fourth-order valence-electron chi connectivity index (χ4n) is 4.44. The molecule has 0 spiro atoms. The molecule has 0 N–H and O–H groups in total. The van der Waals surface area contributed by atoms with Crippen molar-refractivity contribution < 1.29 is 23.8 Å². The SMILES string of the molecule is N#CCCN(C(=O)COC(=O)C1(c2ccc3c(c2)OCCO3)CCCC1)c1ccccc1. The van der Waals surface area contributed by atoms with Gasteiger partial charge in [-0.2, -0.15) is 5.26 Å². The highest BCUT2D eigenvalue weighted by molar-refractivity contribution is 5.96. The third-order valence-corrected chi connectivity index (χ3v) is 6.09. The van der Waals surface area contributed by atoms with Crippen LogP contribution in [0.25, 0.3) is 0 Å². The second kappa shape index (κ2) is 9.73. The number of ether oxygens (including phenoxy) is 3. The number of carbonyl (C=O) groups excluding carboxylic acids is 2. The van der Waals surface area contributed by atoms with E-state index >= 15 is 0 Å². The molecule has 1 fully saturated rings. The van der Waals surface area contributed by atoms with Gasteiger partial charge in [0.05, 0.1) is 17.9 Å². The predicted molar refractivity (Wildman–Crippen MR) is 118 cm³/mol. The molecule has 2 aromatic rings. The highest BCUT2D eigenvalue weighted by Gasteiger charge is 2.45. The first-order chi connectivity index (χ1) is 15.6. The van der Waals surface area contributed by atoms with E-state index in [0.717, 1.165) is 18.4 Å². The Kier molecular flexibility index (Phi) is 6.60. The Labute approximate surface area is 187 Å². The van der Waals surface area contributed by atoms with Gasteiger partial charge in [0.25, 0.3) is 5.91 Å². The van der Waals surface area contributed by atoms with Crippen molar-refractivity contribution >= 4 is 17.6 Å². The van der Waals surface area contributed by atoms with E-state index in [1.54, 1.807) is 12.1 Å². The van der Waals surface area contributed by atoms with Crippen molar-refractivity contribution in [3.63, 3.8) is 0 Å². The average Bonchev–Trinajstić information content (AvgIpc) is 3.34. The number of amides is 1. The minimum Gasteiger partial charge on any atom is -0.486 e. The molecular formula is C25H26N2O5. The van der Waals surface area contributed by atoms with Crippen molar-refractivity contribution in [1.29, 1.82) is 5.26 Å². The molecule has 1 heterocycles. The topological polar surface area (TPSA) is 88.9 Å². The summed E-state index contributed by atoms with van der Waals surface area (Å²) in [7, 11) is 0. The minimum atomic E-state index is -0.791. The Bertz CT molecular complexity index is 1010. The first-order valence-corrected chi connectivity index (χ1v) is 10.9. The normalized spacial score (nSPS) is 16.1. The quantitative estimate of drug-likeness (QED) is 0.617. The zero-order chi connectivity index (χ0) is 22.4. The molecule has 4 rings (SSSR count). The lowest BCUT2D eigenvalue weighted by Crippen LogP contribution is -2.40. The smallest absolute Gasteiger partial charge is 0.317 e. The van der Waals surface area contributed by atoms with E-state index in [1.165, 1.54) is 4.90 Å². The van der Waals surface area contributed by atoms with E-state index in [1.807, 2.05) is 36.4 Å². The molecule has 1 aliphatic carbocycles. The fourth-order valence-corrected chi connectivity index (χ4v) is 4.44. The summed E-state index contributed by atoms with van der Waals surface area (Å²) in [5.74, 6) is 0.562. The van der Waals surface area contributed by atoms with Gasteiger partial charge in [0.15, 0.2) is 18.1 Å². The standard InChI is InChI=1S/C25H26N2O5/c26-13-6-14-27(20-7-2-1-3-8-20)23(28)18-32-24(29)25(11-4-5-12-25)19-9-10-21-22(17-19)31-16-15-30-21/h1-3,7-10,17H,4-6,11-12,14-16,18H2. The van der Waals surface area contributed by atoms with E-state index in [4.69, 9.17) is 19.5 Å². The first-order valence-electron chi connectivity index (χ1n) is 10.9. The zero-order valence-corrected chi connectivity index (χ0v) is 17.9. The van der Waals surface area contributed by atoms with Crippen molar-refractivity contribution in [1.82, 2.24) is 0 Å². The van der Waals surface area contributed by atoms with Crippen LogP contribution in [-0.2, 0) is 19.7 Å². The number of hydrogen-bond acceptors (Lipinski definition) is 6. The summed E-state index contributed by atoms with van der Waals surface area (Å²) < 4.78 is 16.9. The Morgan fingerprint density at radius 2 is 1.75 bits per heavy atom. The van der Waals surface area contributed by atoms with Gasteiger partial charge in [-0.3, -0.25) is 9.59 Å². The van der Waals surface area contributed by atoms with Crippen molar-refractivity contribution in [2.45, 2.75) is 37.5 Å². The highest BCUT2D eigenvalue weighted by Crippen LogP contribution is 2.45. The van der Waals surface area contributed by atoms with Gasteiger partial charge in [-0.05, 0) is 42.7 Å². The summed E-state index contributed by atoms with van der Waals surface area (Å²) >= 11 is 0. The zero-order valence-electron chi connectivity index (χ0n) is 17.9. The minimum absolute atomic E-state index is 0.190. The number of carbonyl (C=O) groups is 2. The predicted octanol–water partition coefficient (Wildman–Crippen LogP) is 3.76. The number of fused-ring (bicyclic) bond motifs is 1. The second-order valence-corrected chi connectivity index (χ2v) is 8.01. The first kappa shape index (κ1) is 21.7. The lowest BCUT2D eigenvalue weighted by Gasteiger charge is -2.29. The van der Waals surface area contributed by atoms with E-state index in [9.17, 15) is 9.59 Å². The van der Waals surface area contributed by atoms with Gasteiger partial charge in [-0.1, -0.05) is 37.1 Å². The van der Waals surface area contributed by atoms with Crippen LogP contribution in [0.3, 0.4) is 0 Å². The molecule has 7 nitrogen and oxygen atoms in total. The fraction of sp³-hybridized carbons (Fsp3) is 0.400. The maximum absolute atomic E-state index is 13.3. The van der Waals surface area contributed by atoms with Crippen molar-refractivity contribution in [2.24, 2.45) is 0 Å². The van der Waals surface area contributed by atoms with Gasteiger partial charge < -0.3 is 19.1 Å². The summed E-state index contributed by atoms with van der Waals surface area (Å²) in [4.78, 5) is 27.7. The van der Waals surface area contributed by atoms with Gasteiger partial charge >= 0.3 is 5.97 Å². The van der Waals surface area contributed by atoms with Gasteiger partial charge in [0.1, 0.15) is 13.2 Å². The lowest BCUT2D eigenvalue weighted by atomic mass is 9.78. The maximum atomic E-state index is 13.3. The Hall–Kier alpha value is -3.53. The molecular weight excluding hydrogens is 408 g/mol. The molecule has 7 heteroatoms. The van der Waals surface area contributed by atoms with Crippen LogP contribution in [0.2, 0.25) is 0 Å². The molecule has 1 aliphatic heterocycles. The Morgan fingerprint density at radius 1 is 1.03 bits per heavy atom. The van der Waals surface area contributed by atoms with Crippen LogP contribution < -0.4 is 14.4 Å². The average molecular weight is 434 g/mol. The third-order valence-electron chi connectivity index (χ3n) is 6.09. The summed E-state index contributed by atoms with van der Waals surface area (Å²) in [6.45, 7) is 0.849. The summed E-state index contributed by atoms with van der Waals surface area (Å²) in [5.41, 5.74) is 0.715. The van der Waals surface area contributed by atoms with Crippen molar-refractivity contribution in [3.8, 4) is 17.6 Å². The van der Waals surface area contributed by atoms with Crippen LogP contribution in [0.15, 0.2) is 48.5 Å².